The van der Waals surface area contributed by atoms with Crippen LogP contribution >= 0.6 is 0 Å². The van der Waals surface area contributed by atoms with Gasteiger partial charge in [-0.15, -0.1) is 0 Å². The van der Waals surface area contributed by atoms with Crippen LogP contribution in [-0.4, -0.2) is 49.7 Å². The Morgan fingerprint density at radius 2 is 2.18 bits per heavy atom. The lowest BCUT2D eigenvalue weighted by atomic mass is 10.00. The average molecular weight is 238 g/mol. The molecule has 1 atom stereocenters. The second-order valence-corrected chi connectivity index (χ2v) is 4.95. The zero-order valence-corrected chi connectivity index (χ0v) is 10.5. The van der Waals surface area contributed by atoms with Gasteiger partial charge < -0.3 is 15.0 Å². The minimum atomic E-state index is 0.157. The van der Waals surface area contributed by atoms with E-state index in [0.717, 1.165) is 45.7 Å². The summed E-state index contributed by atoms with van der Waals surface area (Å²) in [7, 11) is 0. The van der Waals surface area contributed by atoms with Gasteiger partial charge in [0.2, 0.25) is 5.91 Å². The molecular formula is C13H22N2O2. The van der Waals surface area contributed by atoms with Crippen molar-refractivity contribution in [3.63, 3.8) is 0 Å². The lowest BCUT2D eigenvalue weighted by Crippen LogP contribution is -2.50. The van der Waals surface area contributed by atoms with E-state index < -0.39 is 0 Å². The van der Waals surface area contributed by atoms with Gasteiger partial charge in [-0.05, 0) is 31.8 Å². The van der Waals surface area contributed by atoms with Crippen molar-refractivity contribution in [1.29, 1.82) is 0 Å². The first-order valence-corrected chi connectivity index (χ1v) is 6.54. The molecule has 17 heavy (non-hydrogen) atoms. The standard InChI is InChI=1S/C13H22N2O2/c1-11-10-15(7-6-14-11)13(16)3-2-12-4-8-17-9-5-12/h2-3,11-12,14H,4-10H2,1H3. The highest BCUT2D eigenvalue weighted by Crippen LogP contribution is 2.16. The van der Waals surface area contributed by atoms with Crippen molar-refractivity contribution in [3.8, 4) is 0 Å². The van der Waals surface area contributed by atoms with Crippen molar-refractivity contribution in [1.82, 2.24) is 10.2 Å². The Kier molecular flexibility index (Phi) is 4.57. The van der Waals surface area contributed by atoms with Crippen LogP contribution < -0.4 is 5.32 Å². The van der Waals surface area contributed by atoms with Gasteiger partial charge in [-0.25, -0.2) is 0 Å². The molecule has 96 valence electrons. The Balaban J connectivity index is 1.80. The van der Waals surface area contributed by atoms with Gasteiger partial charge in [0.25, 0.3) is 0 Å². The van der Waals surface area contributed by atoms with Crippen LogP contribution in [0.15, 0.2) is 12.2 Å². The van der Waals surface area contributed by atoms with Crippen LogP contribution in [0.1, 0.15) is 19.8 Å². The van der Waals surface area contributed by atoms with Crippen molar-refractivity contribution in [2.24, 2.45) is 5.92 Å². The van der Waals surface area contributed by atoms with E-state index in [9.17, 15) is 4.79 Å². The fourth-order valence-electron chi connectivity index (χ4n) is 2.36. The number of rotatable bonds is 2. The Hall–Kier alpha value is -0.870. The molecule has 0 radical (unpaired) electrons. The lowest BCUT2D eigenvalue weighted by Gasteiger charge is -2.31. The van der Waals surface area contributed by atoms with Crippen LogP contribution in [-0.2, 0) is 9.53 Å². The molecule has 0 spiro atoms. The van der Waals surface area contributed by atoms with Gasteiger partial charge in [-0.3, -0.25) is 4.79 Å². The number of ether oxygens (including phenoxy) is 1. The molecule has 0 aromatic carbocycles. The topological polar surface area (TPSA) is 41.6 Å². The molecule has 1 N–H and O–H groups in total. The molecule has 0 aromatic rings. The molecule has 0 aliphatic carbocycles. The first-order valence-electron chi connectivity index (χ1n) is 6.54. The third kappa shape index (κ3) is 3.82. The molecule has 0 bridgehead atoms. The zero-order chi connectivity index (χ0) is 12.1. The number of piperazine rings is 1. The predicted octanol–water partition coefficient (Wildman–Crippen LogP) is 0.790. The largest absolute Gasteiger partial charge is 0.381 e. The van der Waals surface area contributed by atoms with E-state index in [2.05, 4.69) is 18.3 Å². The minimum Gasteiger partial charge on any atom is -0.381 e. The summed E-state index contributed by atoms with van der Waals surface area (Å²) in [6, 6.07) is 0.407. The van der Waals surface area contributed by atoms with E-state index in [1.165, 1.54) is 0 Å². The van der Waals surface area contributed by atoms with E-state index in [-0.39, 0.29) is 5.91 Å². The van der Waals surface area contributed by atoms with Gasteiger partial charge in [-0.2, -0.15) is 0 Å². The van der Waals surface area contributed by atoms with E-state index in [0.29, 0.717) is 12.0 Å². The summed E-state index contributed by atoms with van der Waals surface area (Å²) < 4.78 is 5.30. The van der Waals surface area contributed by atoms with Crippen LogP contribution in [0, 0.1) is 5.92 Å². The van der Waals surface area contributed by atoms with Crippen LogP contribution in [0.2, 0.25) is 0 Å². The van der Waals surface area contributed by atoms with Crippen LogP contribution in [0.3, 0.4) is 0 Å². The second kappa shape index (κ2) is 6.17. The number of hydrogen-bond donors (Lipinski definition) is 1. The van der Waals surface area contributed by atoms with E-state index in [4.69, 9.17) is 4.74 Å². The highest BCUT2D eigenvalue weighted by molar-refractivity contribution is 5.87. The number of carbonyl (C=O) groups excluding carboxylic acids is 1. The molecule has 2 aliphatic heterocycles. The Morgan fingerprint density at radius 3 is 2.88 bits per heavy atom. The monoisotopic (exact) mass is 238 g/mol. The highest BCUT2D eigenvalue weighted by Gasteiger charge is 2.19. The molecule has 2 saturated heterocycles. The SMILES string of the molecule is CC1CN(C(=O)C=CC2CCOCC2)CCN1. The van der Waals surface area contributed by atoms with Crippen LogP contribution in [0.5, 0.6) is 0 Å². The van der Waals surface area contributed by atoms with Crippen molar-refractivity contribution < 1.29 is 9.53 Å². The molecule has 2 fully saturated rings. The molecule has 2 heterocycles. The first-order chi connectivity index (χ1) is 8.25. The Morgan fingerprint density at radius 1 is 1.41 bits per heavy atom. The van der Waals surface area contributed by atoms with E-state index in [1.54, 1.807) is 6.08 Å². The number of amides is 1. The lowest BCUT2D eigenvalue weighted by molar-refractivity contribution is -0.127. The van der Waals surface area contributed by atoms with Crippen molar-refractivity contribution in [2.45, 2.75) is 25.8 Å². The summed E-state index contributed by atoms with van der Waals surface area (Å²) in [5, 5.41) is 3.34. The third-order valence-electron chi connectivity index (χ3n) is 3.46. The normalized spacial score (nSPS) is 27.6. The molecule has 1 amide bonds. The minimum absolute atomic E-state index is 0.157. The van der Waals surface area contributed by atoms with E-state index >= 15 is 0 Å². The summed E-state index contributed by atoms with van der Waals surface area (Å²) in [6.07, 6.45) is 5.91. The number of allylic oxidation sites excluding steroid dienone is 1. The molecular weight excluding hydrogens is 216 g/mol. The molecule has 2 aliphatic rings. The first kappa shape index (κ1) is 12.6. The van der Waals surface area contributed by atoms with Gasteiger partial charge in [0.15, 0.2) is 0 Å². The summed E-state index contributed by atoms with van der Waals surface area (Å²) in [5.41, 5.74) is 0. The Labute approximate surface area is 103 Å². The van der Waals surface area contributed by atoms with Gasteiger partial charge >= 0.3 is 0 Å². The third-order valence-corrected chi connectivity index (χ3v) is 3.46. The number of hydrogen-bond acceptors (Lipinski definition) is 3. The van der Waals surface area contributed by atoms with Gasteiger partial charge in [-0.1, -0.05) is 6.08 Å². The number of carbonyl (C=O) groups is 1. The molecule has 4 heteroatoms. The van der Waals surface area contributed by atoms with Crippen LogP contribution in [0.25, 0.3) is 0 Å². The van der Waals surface area contributed by atoms with Crippen LogP contribution in [0.4, 0.5) is 0 Å². The maximum Gasteiger partial charge on any atom is 0.246 e. The summed E-state index contributed by atoms with van der Waals surface area (Å²) >= 11 is 0. The zero-order valence-electron chi connectivity index (χ0n) is 10.5. The maximum atomic E-state index is 12.0. The predicted molar refractivity (Wildman–Crippen MR) is 66.7 cm³/mol. The highest BCUT2D eigenvalue weighted by atomic mass is 16.5. The molecule has 1 unspecified atom stereocenters. The van der Waals surface area contributed by atoms with Crippen molar-refractivity contribution >= 4 is 5.91 Å². The van der Waals surface area contributed by atoms with E-state index in [1.807, 2.05) is 4.90 Å². The van der Waals surface area contributed by atoms with Gasteiger partial charge in [0, 0.05) is 38.9 Å². The average Bonchev–Trinajstić information content (AvgIpc) is 2.37. The fraction of sp³-hybridized carbons (Fsp3) is 0.769. The fourth-order valence-corrected chi connectivity index (χ4v) is 2.36. The number of nitrogens with one attached hydrogen (secondary N) is 1. The van der Waals surface area contributed by atoms with Crippen molar-refractivity contribution in [3.05, 3.63) is 12.2 Å². The quantitative estimate of drug-likeness (QED) is 0.723. The van der Waals surface area contributed by atoms with Gasteiger partial charge in [0.1, 0.15) is 0 Å². The molecule has 0 aromatic heterocycles. The summed E-state index contributed by atoms with van der Waals surface area (Å²) in [5.74, 6) is 0.679. The second-order valence-electron chi connectivity index (χ2n) is 4.95. The maximum absolute atomic E-state index is 12.0. The Bertz CT molecular complexity index is 285. The smallest absolute Gasteiger partial charge is 0.246 e. The summed E-state index contributed by atoms with van der Waals surface area (Å²) in [4.78, 5) is 13.9. The molecule has 0 saturated carbocycles. The molecule has 2 rings (SSSR count). The summed E-state index contributed by atoms with van der Waals surface area (Å²) in [6.45, 7) is 6.31. The number of nitrogens with zero attached hydrogens (tertiary/aromatic N) is 1. The molecule has 4 nitrogen and oxygen atoms in total. The van der Waals surface area contributed by atoms with Crippen molar-refractivity contribution in [2.75, 3.05) is 32.8 Å². The van der Waals surface area contributed by atoms with Gasteiger partial charge in [0.05, 0.1) is 0 Å².